The van der Waals surface area contributed by atoms with E-state index in [9.17, 15) is 9.59 Å². The molecule has 0 bridgehead atoms. The molecule has 1 saturated heterocycles. The molecular formula is C19H20N2O4. The largest absolute Gasteiger partial charge is 0.481 e. The Bertz CT molecular complexity index is 740. The fourth-order valence-corrected chi connectivity index (χ4v) is 2.80. The summed E-state index contributed by atoms with van der Waals surface area (Å²) >= 11 is 0. The van der Waals surface area contributed by atoms with E-state index in [2.05, 4.69) is 5.32 Å². The quantitative estimate of drug-likeness (QED) is 0.887. The molecule has 2 aromatic carbocycles. The molecular weight excluding hydrogens is 320 g/mol. The molecule has 3 rings (SSSR count). The van der Waals surface area contributed by atoms with Crippen molar-refractivity contribution in [3.63, 3.8) is 0 Å². The maximum atomic E-state index is 12.5. The molecule has 6 nitrogen and oxygen atoms in total. The minimum Gasteiger partial charge on any atom is -0.481 e. The second kappa shape index (κ2) is 7.70. The van der Waals surface area contributed by atoms with Crippen LogP contribution in [0.2, 0.25) is 0 Å². The van der Waals surface area contributed by atoms with Crippen molar-refractivity contribution < 1.29 is 19.4 Å². The third-order valence-electron chi connectivity index (χ3n) is 4.23. The van der Waals surface area contributed by atoms with E-state index < -0.39 is 5.97 Å². The number of carbonyl (C=O) groups is 2. The molecule has 6 heteroatoms. The first-order valence-corrected chi connectivity index (χ1v) is 8.24. The van der Waals surface area contributed by atoms with E-state index in [4.69, 9.17) is 9.84 Å². The number of amides is 2. The number of carboxylic acid groups (broad SMARTS) is 1. The van der Waals surface area contributed by atoms with Crippen LogP contribution in [-0.4, -0.2) is 35.1 Å². The number of rotatable bonds is 4. The fourth-order valence-electron chi connectivity index (χ4n) is 2.80. The normalized spacial score (nSPS) is 14.8. The zero-order valence-electron chi connectivity index (χ0n) is 13.7. The van der Waals surface area contributed by atoms with Crippen molar-refractivity contribution in [3.8, 4) is 11.5 Å². The number of ether oxygens (including phenoxy) is 1. The molecule has 0 atom stereocenters. The molecule has 0 aliphatic carbocycles. The van der Waals surface area contributed by atoms with Crippen molar-refractivity contribution in [2.75, 3.05) is 18.4 Å². The zero-order valence-corrected chi connectivity index (χ0v) is 13.7. The van der Waals surface area contributed by atoms with E-state index in [1.165, 1.54) is 0 Å². The second-order valence-corrected chi connectivity index (χ2v) is 5.94. The predicted molar refractivity (Wildman–Crippen MR) is 93.9 cm³/mol. The second-order valence-electron chi connectivity index (χ2n) is 5.94. The van der Waals surface area contributed by atoms with Crippen LogP contribution in [0.5, 0.6) is 11.5 Å². The first kappa shape index (κ1) is 16.8. The van der Waals surface area contributed by atoms with Gasteiger partial charge in [-0.25, -0.2) is 4.79 Å². The highest BCUT2D eigenvalue weighted by Gasteiger charge is 2.27. The highest BCUT2D eigenvalue weighted by Crippen LogP contribution is 2.29. The first-order chi connectivity index (χ1) is 12.1. The Morgan fingerprint density at radius 2 is 1.64 bits per heavy atom. The topological polar surface area (TPSA) is 78.9 Å². The van der Waals surface area contributed by atoms with Gasteiger partial charge >= 0.3 is 12.0 Å². The number of urea groups is 1. The summed E-state index contributed by atoms with van der Waals surface area (Å²) in [5.74, 6) is 0.0911. The Kier molecular flexibility index (Phi) is 5.18. The highest BCUT2D eigenvalue weighted by atomic mass is 16.5. The van der Waals surface area contributed by atoms with Gasteiger partial charge in [0, 0.05) is 13.1 Å². The summed E-state index contributed by atoms with van der Waals surface area (Å²) in [4.78, 5) is 25.1. The average molecular weight is 340 g/mol. The lowest BCUT2D eigenvalue weighted by molar-refractivity contribution is -0.143. The molecule has 25 heavy (non-hydrogen) atoms. The van der Waals surface area contributed by atoms with E-state index in [0.717, 1.165) is 0 Å². The lowest BCUT2D eigenvalue weighted by Gasteiger charge is -2.30. The molecule has 1 heterocycles. The third kappa shape index (κ3) is 4.29. The Hall–Kier alpha value is -3.02. The number of nitrogens with one attached hydrogen (secondary N) is 1. The number of benzene rings is 2. The van der Waals surface area contributed by atoms with Crippen molar-refractivity contribution >= 4 is 17.7 Å². The molecule has 0 spiro atoms. The molecule has 2 N–H and O–H groups in total. The summed E-state index contributed by atoms with van der Waals surface area (Å²) < 4.78 is 5.84. The third-order valence-corrected chi connectivity index (χ3v) is 4.23. The number of likely N-dealkylation sites (tertiary alicyclic amines) is 1. The molecule has 0 radical (unpaired) electrons. The Morgan fingerprint density at radius 3 is 2.32 bits per heavy atom. The number of para-hydroxylation sites is 3. The van der Waals surface area contributed by atoms with Crippen LogP contribution in [0.1, 0.15) is 12.8 Å². The lowest BCUT2D eigenvalue weighted by atomic mass is 9.97. The van der Waals surface area contributed by atoms with E-state index in [-0.39, 0.29) is 11.9 Å². The van der Waals surface area contributed by atoms with Crippen molar-refractivity contribution in [1.29, 1.82) is 0 Å². The van der Waals surface area contributed by atoms with Gasteiger partial charge in [-0.1, -0.05) is 30.3 Å². The van der Waals surface area contributed by atoms with Gasteiger partial charge in [0.15, 0.2) is 5.75 Å². The number of hydrogen-bond donors (Lipinski definition) is 2. The SMILES string of the molecule is O=C(O)C1CCN(C(=O)Nc2ccccc2Oc2ccccc2)CC1. The summed E-state index contributed by atoms with van der Waals surface area (Å²) in [6, 6.07) is 16.3. The van der Waals surface area contributed by atoms with Crippen LogP contribution >= 0.6 is 0 Å². The van der Waals surface area contributed by atoms with Crippen molar-refractivity contribution in [2.24, 2.45) is 5.92 Å². The smallest absolute Gasteiger partial charge is 0.321 e. The number of aliphatic carboxylic acids is 1. The monoisotopic (exact) mass is 340 g/mol. The van der Waals surface area contributed by atoms with Crippen LogP contribution in [0.25, 0.3) is 0 Å². The molecule has 2 aromatic rings. The maximum absolute atomic E-state index is 12.5. The van der Waals surface area contributed by atoms with Gasteiger partial charge < -0.3 is 20.1 Å². The predicted octanol–water partition coefficient (Wildman–Crippen LogP) is 3.81. The van der Waals surface area contributed by atoms with Crippen LogP contribution in [0, 0.1) is 5.92 Å². The number of anilines is 1. The number of piperidine rings is 1. The molecule has 0 saturated carbocycles. The number of hydrogen-bond acceptors (Lipinski definition) is 3. The summed E-state index contributed by atoms with van der Waals surface area (Å²) in [6.07, 6.45) is 0.954. The van der Waals surface area contributed by atoms with Crippen LogP contribution in [0.3, 0.4) is 0 Å². The number of carboxylic acids is 1. The zero-order chi connectivity index (χ0) is 17.6. The first-order valence-electron chi connectivity index (χ1n) is 8.24. The molecule has 1 fully saturated rings. The van der Waals surface area contributed by atoms with E-state index in [0.29, 0.717) is 43.1 Å². The van der Waals surface area contributed by atoms with Gasteiger partial charge in [-0.15, -0.1) is 0 Å². The van der Waals surface area contributed by atoms with Gasteiger partial charge in [0.25, 0.3) is 0 Å². The van der Waals surface area contributed by atoms with Crippen molar-refractivity contribution in [2.45, 2.75) is 12.8 Å². The molecule has 0 aromatic heterocycles. The standard InChI is InChI=1S/C19H20N2O4/c22-18(23)14-10-12-21(13-11-14)19(24)20-16-8-4-5-9-17(16)25-15-6-2-1-3-7-15/h1-9,14H,10-13H2,(H,20,24)(H,22,23). The summed E-state index contributed by atoms with van der Waals surface area (Å²) in [7, 11) is 0. The Labute approximate surface area is 146 Å². The number of carbonyl (C=O) groups excluding carboxylic acids is 1. The van der Waals surface area contributed by atoms with E-state index in [1.54, 1.807) is 17.0 Å². The van der Waals surface area contributed by atoms with Crippen LogP contribution < -0.4 is 10.1 Å². The van der Waals surface area contributed by atoms with Gasteiger partial charge in [0.05, 0.1) is 11.6 Å². The summed E-state index contributed by atoms with van der Waals surface area (Å²) in [5.41, 5.74) is 0.580. The minimum atomic E-state index is -0.790. The van der Waals surface area contributed by atoms with Gasteiger partial charge in [0.1, 0.15) is 5.75 Å². The maximum Gasteiger partial charge on any atom is 0.321 e. The van der Waals surface area contributed by atoms with Crippen LogP contribution in [-0.2, 0) is 4.79 Å². The summed E-state index contributed by atoms with van der Waals surface area (Å²) in [6.45, 7) is 0.870. The molecule has 1 aliphatic heterocycles. The van der Waals surface area contributed by atoms with Gasteiger partial charge in [-0.3, -0.25) is 4.79 Å². The average Bonchev–Trinajstić information content (AvgIpc) is 2.64. The molecule has 130 valence electrons. The van der Waals surface area contributed by atoms with Crippen LogP contribution in [0.15, 0.2) is 54.6 Å². The Balaban J connectivity index is 1.65. The molecule has 1 aliphatic rings. The van der Waals surface area contributed by atoms with Gasteiger partial charge in [-0.2, -0.15) is 0 Å². The lowest BCUT2D eigenvalue weighted by Crippen LogP contribution is -2.42. The Morgan fingerprint density at radius 1 is 1.00 bits per heavy atom. The van der Waals surface area contributed by atoms with Crippen LogP contribution in [0.4, 0.5) is 10.5 Å². The number of nitrogens with zero attached hydrogens (tertiary/aromatic N) is 1. The molecule has 2 amide bonds. The molecule has 0 unspecified atom stereocenters. The van der Waals surface area contributed by atoms with E-state index in [1.807, 2.05) is 42.5 Å². The highest BCUT2D eigenvalue weighted by molar-refractivity contribution is 5.91. The minimum absolute atomic E-state index is 0.243. The van der Waals surface area contributed by atoms with E-state index >= 15 is 0 Å². The fraction of sp³-hybridized carbons (Fsp3) is 0.263. The van der Waals surface area contributed by atoms with Gasteiger partial charge in [-0.05, 0) is 37.1 Å². The van der Waals surface area contributed by atoms with Crippen molar-refractivity contribution in [3.05, 3.63) is 54.6 Å². The summed E-state index contributed by atoms with van der Waals surface area (Å²) in [5, 5.41) is 11.9. The van der Waals surface area contributed by atoms with Gasteiger partial charge in [0.2, 0.25) is 0 Å². The van der Waals surface area contributed by atoms with Crippen molar-refractivity contribution in [1.82, 2.24) is 4.90 Å².